The van der Waals surface area contributed by atoms with Gasteiger partial charge in [0.05, 0.1) is 5.02 Å². The highest BCUT2D eigenvalue weighted by Crippen LogP contribution is 2.54. The Morgan fingerprint density at radius 2 is 2.20 bits per heavy atom. The van der Waals surface area contributed by atoms with E-state index in [2.05, 4.69) is 4.99 Å². The average Bonchev–Trinajstić information content (AvgIpc) is 2.94. The molecule has 1 N–H and O–H groups in total. The fraction of sp³-hybridized carbons (Fsp3) is 0.300. The first-order valence-corrected chi connectivity index (χ1v) is 4.75. The molecule has 0 amide bonds. The van der Waals surface area contributed by atoms with Gasteiger partial charge in [-0.2, -0.15) is 4.99 Å². The van der Waals surface area contributed by atoms with Crippen LogP contribution in [-0.2, 0) is 10.3 Å². The molecule has 0 aromatic heterocycles. The summed E-state index contributed by atoms with van der Waals surface area (Å²) in [6.45, 7) is 0. The van der Waals surface area contributed by atoms with Gasteiger partial charge in [-0.1, -0.05) is 11.6 Å². The molecule has 1 aromatic rings. The molecule has 0 aliphatic heterocycles. The van der Waals surface area contributed by atoms with E-state index in [9.17, 15) is 14.3 Å². The first-order chi connectivity index (χ1) is 7.10. The molecule has 15 heavy (non-hydrogen) atoms. The largest absolute Gasteiger partial charge is 0.505 e. The molecule has 1 saturated carbocycles. The van der Waals surface area contributed by atoms with Gasteiger partial charge >= 0.3 is 0 Å². The maximum Gasteiger partial charge on any atom is 0.235 e. The van der Waals surface area contributed by atoms with Gasteiger partial charge in [-0.3, -0.25) is 0 Å². The van der Waals surface area contributed by atoms with E-state index in [0.717, 1.165) is 6.07 Å². The zero-order valence-corrected chi connectivity index (χ0v) is 8.38. The summed E-state index contributed by atoms with van der Waals surface area (Å²) in [5, 5.41) is 9.74. The lowest BCUT2D eigenvalue weighted by Crippen LogP contribution is -2.04. The summed E-state index contributed by atoms with van der Waals surface area (Å²) in [4.78, 5) is 13.8. The Labute approximate surface area is 90.2 Å². The number of isocyanates is 1. The number of phenolic OH excluding ortho intramolecular Hbond substituents is 1. The monoisotopic (exact) mass is 227 g/mol. The summed E-state index contributed by atoms with van der Waals surface area (Å²) < 4.78 is 13.1. The molecule has 0 radical (unpaired) electrons. The minimum atomic E-state index is -0.856. The predicted octanol–water partition coefficient (Wildman–Crippen LogP) is 2.51. The van der Waals surface area contributed by atoms with Gasteiger partial charge in [-0.05, 0) is 25.0 Å². The van der Waals surface area contributed by atoms with Crippen LogP contribution in [0.2, 0.25) is 5.02 Å². The Balaban J connectivity index is 2.62. The minimum Gasteiger partial charge on any atom is -0.505 e. The van der Waals surface area contributed by atoms with Gasteiger partial charge in [0.25, 0.3) is 0 Å². The molecule has 0 unspecified atom stereocenters. The lowest BCUT2D eigenvalue weighted by molar-refractivity contribution is 0.419. The van der Waals surface area contributed by atoms with Crippen LogP contribution in [0.4, 0.5) is 4.39 Å². The molecule has 2 rings (SSSR count). The van der Waals surface area contributed by atoms with Crippen LogP contribution in [0.5, 0.6) is 5.75 Å². The minimum absolute atomic E-state index is 0.188. The molecule has 1 aromatic carbocycles. The molecule has 3 nitrogen and oxygen atoms in total. The Hall–Kier alpha value is -1.38. The standard InChI is InChI=1S/C10H7ClFNO2/c11-6-1-2-7(12)9(15)8(6)10(3-4-10)13-5-14/h1-2,15H,3-4H2. The molecule has 0 spiro atoms. The van der Waals surface area contributed by atoms with Crippen LogP contribution in [0, 0.1) is 5.82 Å². The third-order valence-electron chi connectivity index (χ3n) is 2.53. The van der Waals surface area contributed by atoms with Crippen LogP contribution in [0.15, 0.2) is 17.1 Å². The van der Waals surface area contributed by atoms with Gasteiger partial charge in [-0.25, -0.2) is 9.18 Å². The fourth-order valence-electron chi connectivity index (χ4n) is 1.61. The molecular weight excluding hydrogens is 221 g/mol. The highest BCUT2D eigenvalue weighted by molar-refractivity contribution is 6.31. The zero-order chi connectivity index (χ0) is 11.1. The third kappa shape index (κ3) is 1.52. The molecule has 1 aliphatic carbocycles. The van der Waals surface area contributed by atoms with E-state index in [0.29, 0.717) is 12.8 Å². The predicted molar refractivity (Wildman–Crippen MR) is 52.1 cm³/mol. The van der Waals surface area contributed by atoms with Gasteiger partial charge in [0.2, 0.25) is 6.08 Å². The van der Waals surface area contributed by atoms with Crippen molar-refractivity contribution in [2.75, 3.05) is 0 Å². The molecule has 0 bridgehead atoms. The maximum atomic E-state index is 13.1. The third-order valence-corrected chi connectivity index (χ3v) is 2.84. The van der Waals surface area contributed by atoms with Gasteiger partial charge in [0.1, 0.15) is 5.54 Å². The van der Waals surface area contributed by atoms with E-state index in [1.165, 1.54) is 12.1 Å². The SMILES string of the molecule is O=C=NC1(c2c(Cl)ccc(F)c2O)CC1. The number of hydrogen-bond acceptors (Lipinski definition) is 3. The van der Waals surface area contributed by atoms with E-state index in [4.69, 9.17) is 11.6 Å². The summed E-state index contributed by atoms with van der Waals surface area (Å²) in [6, 6.07) is 2.41. The number of benzene rings is 1. The highest BCUT2D eigenvalue weighted by Gasteiger charge is 2.48. The summed E-state index contributed by atoms with van der Waals surface area (Å²) >= 11 is 5.85. The summed E-state index contributed by atoms with van der Waals surface area (Å²) in [7, 11) is 0. The molecule has 0 saturated heterocycles. The Kier molecular flexibility index (Phi) is 2.25. The normalized spacial score (nSPS) is 16.9. The Bertz CT molecular complexity index is 465. The molecule has 5 heteroatoms. The van der Waals surface area contributed by atoms with Crippen molar-refractivity contribution in [3.8, 4) is 5.75 Å². The molecule has 78 valence electrons. The van der Waals surface area contributed by atoms with Crippen molar-refractivity contribution in [1.82, 2.24) is 0 Å². The number of nitrogens with zero attached hydrogens (tertiary/aromatic N) is 1. The maximum absolute atomic E-state index is 13.1. The van der Waals surface area contributed by atoms with Gasteiger partial charge in [-0.15, -0.1) is 0 Å². The van der Waals surface area contributed by atoms with Crippen LogP contribution in [-0.4, -0.2) is 11.2 Å². The van der Waals surface area contributed by atoms with Gasteiger partial charge in [0.15, 0.2) is 11.6 Å². The van der Waals surface area contributed by atoms with Crippen LogP contribution < -0.4 is 0 Å². The van der Waals surface area contributed by atoms with Crippen molar-refractivity contribution in [1.29, 1.82) is 0 Å². The summed E-state index contributed by atoms with van der Waals surface area (Å²) in [5.41, 5.74) is -0.669. The molecule has 1 fully saturated rings. The summed E-state index contributed by atoms with van der Waals surface area (Å²) in [6.07, 6.45) is 2.56. The molecular formula is C10H7ClFNO2. The van der Waals surface area contributed by atoms with Crippen molar-refractivity contribution < 1.29 is 14.3 Å². The van der Waals surface area contributed by atoms with Gasteiger partial charge in [0, 0.05) is 5.56 Å². The number of aromatic hydroxyl groups is 1. The number of aliphatic imine (C=N–C) groups is 1. The van der Waals surface area contributed by atoms with Crippen LogP contribution in [0.3, 0.4) is 0 Å². The summed E-state index contributed by atoms with van der Waals surface area (Å²) in [5.74, 6) is -1.29. The first-order valence-electron chi connectivity index (χ1n) is 4.37. The van der Waals surface area contributed by atoms with Crippen molar-refractivity contribution >= 4 is 17.7 Å². The van der Waals surface area contributed by atoms with Crippen molar-refractivity contribution in [3.05, 3.63) is 28.5 Å². The second-order valence-corrected chi connectivity index (χ2v) is 3.89. The molecule has 0 atom stereocenters. The number of phenols is 1. The topological polar surface area (TPSA) is 49.7 Å². The van der Waals surface area contributed by atoms with Crippen LogP contribution >= 0.6 is 11.6 Å². The second-order valence-electron chi connectivity index (χ2n) is 3.49. The molecule has 0 heterocycles. The quantitative estimate of drug-likeness (QED) is 0.623. The lowest BCUT2D eigenvalue weighted by Gasteiger charge is -2.12. The van der Waals surface area contributed by atoms with E-state index in [-0.39, 0.29) is 10.6 Å². The highest BCUT2D eigenvalue weighted by atomic mass is 35.5. The van der Waals surface area contributed by atoms with Gasteiger partial charge < -0.3 is 5.11 Å². The molecule has 1 aliphatic rings. The Morgan fingerprint density at radius 1 is 1.53 bits per heavy atom. The van der Waals surface area contributed by atoms with E-state index in [1.807, 2.05) is 0 Å². The fourth-order valence-corrected chi connectivity index (χ4v) is 1.94. The van der Waals surface area contributed by atoms with Crippen molar-refractivity contribution in [3.63, 3.8) is 0 Å². The number of hydrogen-bond donors (Lipinski definition) is 1. The van der Waals surface area contributed by atoms with Crippen molar-refractivity contribution in [2.45, 2.75) is 18.4 Å². The zero-order valence-electron chi connectivity index (χ0n) is 7.63. The van der Waals surface area contributed by atoms with Crippen LogP contribution in [0.1, 0.15) is 18.4 Å². The average molecular weight is 228 g/mol. The Morgan fingerprint density at radius 3 is 2.73 bits per heavy atom. The first kappa shape index (κ1) is 10.1. The van der Waals surface area contributed by atoms with Crippen LogP contribution in [0.25, 0.3) is 0 Å². The smallest absolute Gasteiger partial charge is 0.235 e. The number of halogens is 2. The number of carbonyl (C=O) groups excluding carboxylic acids is 1. The van der Waals surface area contributed by atoms with E-state index >= 15 is 0 Å². The van der Waals surface area contributed by atoms with E-state index in [1.54, 1.807) is 0 Å². The second kappa shape index (κ2) is 3.33. The van der Waals surface area contributed by atoms with Crippen molar-refractivity contribution in [2.24, 2.45) is 4.99 Å². The lowest BCUT2D eigenvalue weighted by atomic mass is 10.0. The van der Waals surface area contributed by atoms with E-state index < -0.39 is 17.1 Å². The number of rotatable bonds is 2.